The first-order valence-corrected chi connectivity index (χ1v) is 6.75. The van der Waals surface area contributed by atoms with Crippen LogP contribution in [0.25, 0.3) is 0 Å². The van der Waals surface area contributed by atoms with Gasteiger partial charge in [-0.1, -0.05) is 30.3 Å². The van der Waals surface area contributed by atoms with Gasteiger partial charge in [-0.15, -0.1) is 12.4 Å². The fourth-order valence-electron chi connectivity index (χ4n) is 1.95. The zero-order valence-electron chi connectivity index (χ0n) is 12.2. The van der Waals surface area contributed by atoms with Gasteiger partial charge in [-0.05, 0) is 18.9 Å². The molecule has 1 atom stereocenters. The standard InChI is InChI=1S/C15H24N2O2.ClH/c1-3-17(15(18)11-14(12-16)19-2)10-9-13-7-5-4-6-8-13;/h4-8,14H,3,9-12,16H2,1-2H3;1H. The minimum absolute atomic E-state index is 0. The summed E-state index contributed by atoms with van der Waals surface area (Å²) >= 11 is 0. The molecule has 4 nitrogen and oxygen atoms in total. The highest BCUT2D eigenvalue weighted by atomic mass is 35.5. The average molecular weight is 301 g/mol. The van der Waals surface area contributed by atoms with Gasteiger partial charge in [0, 0.05) is 26.7 Å². The average Bonchev–Trinajstić information content (AvgIpc) is 2.46. The number of amides is 1. The minimum atomic E-state index is -0.182. The van der Waals surface area contributed by atoms with Crippen LogP contribution in [0.4, 0.5) is 0 Å². The van der Waals surface area contributed by atoms with E-state index in [0.29, 0.717) is 19.5 Å². The molecule has 1 aromatic carbocycles. The summed E-state index contributed by atoms with van der Waals surface area (Å²) in [4.78, 5) is 14.0. The minimum Gasteiger partial charge on any atom is -0.380 e. The maximum atomic E-state index is 12.1. The van der Waals surface area contributed by atoms with Crippen molar-refractivity contribution in [2.75, 3.05) is 26.7 Å². The zero-order chi connectivity index (χ0) is 14.1. The second-order valence-corrected chi connectivity index (χ2v) is 4.51. The van der Waals surface area contributed by atoms with Crippen LogP contribution >= 0.6 is 12.4 Å². The molecule has 114 valence electrons. The first-order chi connectivity index (χ1) is 9.21. The van der Waals surface area contributed by atoms with Crippen LogP contribution in [0.5, 0.6) is 0 Å². The van der Waals surface area contributed by atoms with Crippen LogP contribution in [0.15, 0.2) is 30.3 Å². The monoisotopic (exact) mass is 300 g/mol. The number of carbonyl (C=O) groups is 1. The molecule has 0 fully saturated rings. The van der Waals surface area contributed by atoms with E-state index in [2.05, 4.69) is 12.1 Å². The van der Waals surface area contributed by atoms with Gasteiger partial charge < -0.3 is 15.4 Å². The summed E-state index contributed by atoms with van der Waals surface area (Å²) in [5, 5.41) is 0. The Morgan fingerprint density at radius 1 is 1.35 bits per heavy atom. The van der Waals surface area contributed by atoms with E-state index in [1.165, 1.54) is 5.56 Å². The summed E-state index contributed by atoms with van der Waals surface area (Å²) in [5.74, 6) is 0.107. The summed E-state index contributed by atoms with van der Waals surface area (Å²) in [7, 11) is 1.59. The van der Waals surface area contributed by atoms with Gasteiger partial charge in [0.1, 0.15) is 0 Å². The van der Waals surface area contributed by atoms with Crippen LogP contribution in [-0.4, -0.2) is 43.7 Å². The van der Waals surface area contributed by atoms with Crippen molar-refractivity contribution in [1.29, 1.82) is 0 Å². The number of ether oxygens (including phenoxy) is 1. The van der Waals surface area contributed by atoms with Crippen LogP contribution in [0, 0.1) is 0 Å². The number of halogens is 1. The van der Waals surface area contributed by atoms with Gasteiger partial charge in [0.05, 0.1) is 12.5 Å². The maximum absolute atomic E-state index is 12.1. The number of rotatable bonds is 8. The Hall–Kier alpha value is -1.10. The number of carbonyl (C=O) groups excluding carboxylic acids is 1. The van der Waals surface area contributed by atoms with Crippen LogP contribution in [0.3, 0.4) is 0 Å². The molecule has 1 rings (SSSR count). The molecule has 2 N–H and O–H groups in total. The first-order valence-electron chi connectivity index (χ1n) is 6.75. The van der Waals surface area contributed by atoms with Crippen molar-refractivity contribution in [2.24, 2.45) is 5.73 Å². The summed E-state index contributed by atoms with van der Waals surface area (Å²) < 4.78 is 5.16. The van der Waals surface area contributed by atoms with Crippen LogP contribution in [-0.2, 0) is 16.0 Å². The summed E-state index contributed by atoms with van der Waals surface area (Å²) in [5.41, 5.74) is 6.79. The van der Waals surface area contributed by atoms with Crippen molar-refractivity contribution in [3.8, 4) is 0 Å². The van der Waals surface area contributed by atoms with E-state index in [1.54, 1.807) is 7.11 Å². The molecule has 0 aliphatic carbocycles. The number of hydrogen-bond donors (Lipinski definition) is 1. The van der Waals surface area contributed by atoms with Gasteiger partial charge in [-0.3, -0.25) is 4.79 Å². The van der Waals surface area contributed by atoms with Crippen LogP contribution in [0.2, 0.25) is 0 Å². The topological polar surface area (TPSA) is 55.6 Å². The number of methoxy groups -OCH3 is 1. The van der Waals surface area contributed by atoms with E-state index in [0.717, 1.165) is 13.0 Å². The van der Waals surface area contributed by atoms with Crippen molar-refractivity contribution >= 4 is 18.3 Å². The van der Waals surface area contributed by atoms with Crippen molar-refractivity contribution in [3.05, 3.63) is 35.9 Å². The molecule has 0 saturated heterocycles. The number of likely N-dealkylation sites (N-methyl/N-ethyl adjacent to an activating group) is 1. The molecule has 0 spiro atoms. The molecule has 0 heterocycles. The lowest BCUT2D eigenvalue weighted by Gasteiger charge is -2.23. The Bertz CT molecular complexity index is 369. The van der Waals surface area contributed by atoms with Gasteiger partial charge in [0.25, 0.3) is 0 Å². The van der Waals surface area contributed by atoms with Crippen molar-refractivity contribution in [2.45, 2.75) is 25.9 Å². The Labute approximate surface area is 127 Å². The molecule has 1 unspecified atom stereocenters. The number of benzene rings is 1. The highest BCUT2D eigenvalue weighted by molar-refractivity contribution is 5.85. The van der Waals surface area contributed by atoms with Crippen LogP contribution in [0.1, 0.15) is 18.9 Å². The van der Waals surface area contributed by atoms with Crippen molar-refractivity contribution in [3.63, 3.8) is 0 Å². The van der Waals surface area contributed by atoms with Crippen molar-refractivity contribution in [1.82, 2.24) is 4.90 Å². The summed E-state index contributed by atoms with van der Waals surface area (Å²) in [6.45, 7) is 3.82. The van der Waals surface area contributed by atoms with Gasteiger partial charge in [-0.2, -0.15) is 0 Å². The SMILES string of the molecule is CCN(CCc1ccccc1)C(=O)CC(CN)OC.Cl. The number of nitrogens with zero attached hydrogens (tertiary/aromatic N) is 1. The third-order valence-corrected chi connectivity index (χ3v) is 3.25. The second kappa shape index (κ2) is 10.7. The summed E-state index contributed by atoms with van der Waals surface area (Å²) in [6, 6.07) is 10.2. The van der Waals surface area contributed by atoms with E-state index < -0.39 is 0 Å². The fraction of sp³-hybridized carbons (Fsp3) is 0.533. The molecule has 0 aliphatic rings. The van der Waals surface area contributed by atoms with Crippen LogP contribution < -0.4 is 5.73 Å². The maximum Gasteiger partial charge on any atom is 0.225 e. The Balaban J connectivity index is 0.00000361. The third-order valence-electron chi connectivity index (χ3n) is 3.25. The van der Waals surface area contributed by atoms with E-state index >= 15 is 0 Å². The predicted octanol–water partition coefficient (Wildman–Crippen LogP) is 1.86. The van der Waals surface area contributed by atoms with Gasteiger partial charge >= 0.3 is 0 Å². The first kappa shape index (κ1) is 18.9. The molecule has 0 bridgehead atoms. The second-order valence-electron chi connectivity index (χ2n) is 4.51. The lowest BCUT2D eigenvalue weighted by Crippen LogP contribution is -2.37. The molecule has 0 saturated carbocycles. The molecular formula is C15H25ClN2O2. The normalized spacial score (nSPS) is 11.6. The molecule has 1 amide bonds. The van der Waals surface area contributed by atoms with Gasteiger partial charge in [0.2, 0.25) is 5.91 Å². The third kappa shape index (κ3) is 6.37. The molecule has 5 heteroatoms. The van der Waals surface area contributed by atoms with Gasteiger partial charge in [-0.25, -0.2) is 0 Å². The van der Waals surface area contributed by atoms with E-state index in [-0.39, 0.29) is 24.4 Å². The van der Waals surface area contributed by atoms with E-state index in [4.69, 9.17) is 10.5 Å². The summed E-state index contributed by atoms with van der Waals surface area (Å²) in [6.07, 6.45) is 1.05. The molecular weight excluding hydrogens is 276 g/mol. The van der Waals surface area contributed by atoms with E-state index in [9.17, 15) is 4.79 Å². The fourth-order valence-corrected chi connectivity index (χ4v) is 1.95. The van der Waals surface area contributed by atoms with Crippen molar-refractivity contribution < 1.29 is 9.53 Å². The number of nitrogens with two attached hydrogens (primary N) is 1. The zero-order valence-corrected chi connectivity index (χ0v) is 13.1. The lowest BCUT2D eigenvalue weighted by molar-refractivity contribution is -0.133. The Morgan fingerprint density at radius 3 is 2.50 bits per heavy atom. The Kier molecular flexibility index (Phi) is 10.1. The largest absolute Gasteiger partial charge is 0.380 e. The highest BCUT2D eigenvalue weighted by Crippen LogP contribution is 2.05. The van der Waals surface area contributed by atoms with E-state index in [1.807, 2.05) is 30.0 Å². The molecule has 20 heavy (non-hydrogen) atoms. The molecule has 1 aromatic rings. The Morgan fingerprint density at radius 2 is 2.00 bits per heavy atom. The smallest absolute Gasteiger partial charge is 0.225 e. The lowest BCUT2D eigenvalue weighted by atomic mass is 10.1. The predicted molar refractivity (Wildman–Crippen MR) is 84.1 cm³/mol. The highest BCUT2D eigenvalue weighted by Gasteiger charge is 2.16. The van der Waals surface area contributed by atoms with Gasteiger partial charge in [0.15, 0.2) is 0 Å². The molecule has 0 aliphatic heterocycles. The molecule has 0 radical (unpaired) electrons. The number of hydrogen-bond acceptors (Lipinski definition) is 3. The quantitative estimate of drug-likeness (QED) is 0.797. The molecule has 0 aromatic heterocycles.